The molecule has 0 saturated carbocycles. The van der Waals surface area contributed by atoms with Crippen LogP contribution in [0, 0.1) is 11.3 Å². The predicted molar refractivity (Wildman–Crippen MR) is 65.6 cm³/mol. The first-order chi connectivity index (χ1) is 7.29. The summed E-state index contributed by atoms with van der Waals surface area (Å²) in [5, 5.41) is 8.79. The highest BCUT2D eigenvalue weighted by molar-refractivity contribution is 5.85. The van der Waals surface area contributed by atoms with Crippen LogP contribution in [-0.2, 0) is 0 Å². The van der Waals surface area contributed by atoms with E-state index in [1.165, 1.54) is 0 Å². The molecule has 0 aromatic carbocycles. The van der Waals surface area contributed by atoms with Crippen molar-refractivity contribution in [3.8, 4) is 6.07 Å². The molecule has 0 spiro atoms. The van der Waals surface area contributed by atoms with E-state index in [2.05, 4.69) is 16.0 Å². The Morgan fingerprint density at radius 2 is 2.38 bits per heavy atom. The monoisotopic (exact) mass is 238 g/mol. The van der Waals surface area contributed by atoms with E-state index >= 15 is 0 Å². The van der Waals surface area contributed by atoms with Crippen LogP contribution in [0.2, 0.25) is 0 Å². The molecule has 0 aliphatic carbocycles. The summed E-state index contributed by atoms with van der Waals surface area (Å²) in [6.07, 6.45) is 3.85. The molecule has 1 atom stereocenters. The third kappa shape index (κ3) is 2.84. The van der Waals surface area contributed by atoms with Crippen molar-refractivity contribution in [2.75, 3.05) is 18.0 Å². The van der Waals surface area contributed by atoms with Gasteiger partial charge in [-0.1, -0.05) is 0 Å². The zero-order valence-electron chi connectivity index (χ0n) is 8.97. The lowest BCUT2D eigenvalue weighted by Crippen LogP contribution is -2.43. The lowest BCUT2D eigenvalue weighted by molar-refractivity contribution is 0.503. The maximum absolute atomic E-state index is 8.79. The minimum atomic E-state index is 0. The SMILES string of the molecule is Cl.N#Cc1ccnc(N2CCCC(N)C2)c1. The number of rotatable bonds is 1. The van der Waals surface area contributed by atoms with Gasteiger partial charge in [-0.25, -0.2) is 4.98 Å². The highest BCUT2D eigenvalue weighted by Gasteiger charge is 2.17. The van der Waals surface area contributed by atoms with Gasteiger partial charge < -0.3 is 10.6 Å². The lowest BCUT2D eigenvalue weighted by atomic mass is 10.1. The summed E-state index contributed by atoms with van der Waals surface area (Å²) in [6, 6.07) is 5.88. The highest BCUT2D eigenvalue weighted by Crippen LogP contribution is 2.17. The van der Waals surface area contributed by atoms with Crippen LogP contribution >= 0.6 is 12.4 Å². The number of hydrogen-bond acceptors (Lipinski definition) is 4. The third-order valence-corrected chi connectivity index (χ3v) is 2.66. The molecule has 86 valence electrons. The summed E-state index contributed by atoms with van der Waals surface area (Å²) in [7, 11) is 0. The Morgan fingerprint density at radius 1 is 1.56 bits per heavy atom. The molecule has 1 aromatic heterocycles. The van der Waals surface area contributed by atoms with E-state index in [0.717, 1.165) is 31.7 Å². The molecule has 1 fully saturated rings. The fourth-order valence-electron chi connectivity index (χ4n) is 1.88. The minimum Gasteiger partial charge on any atom is -0.355 e. The molecular weight excluding hydrogens is 224 g/mol. The summed E-state index contributed by atoms with van der Waals surface area (Å²) in [5.41, 5.74) is 6.55. The minimum absolute atomic E-state index is 0. The van der Waals surface area contributed by atoms with Crippen molar-refractivity contribution in [3.63, 3.8) is 0 Å². The number of aromatic nitrogens is 1. The molecule has 0 amide bonds. The van der Waals surface area contributed by atoms with Crippen LogP contribution < -0.4 is 10.6 Å². The van der Waals surface area contributed by atoms with E-state index in [1.807, 2.05) is 6.07 Å². The summed E-state index contributed by atoms with van der Waals surface area (Å²) in [6.45, 7) is 1.82. The van der Waals surface area contributed by atoms with Crippen LogP contribution in [0.25, 0.3) is 0 Å². The average Bonchev–Trinajstić information content (AvgIpc) is 2.29. The van der Waals surface area contributed by atoms with Crippen molar-refractivity contribution >= 4 is 18.2 Å². The number of pyridine rings is 1. The molecule has 4 nitrogen and oxygen atoms in total. The normalized spacial score (nSPS) is 19.8. The number of anilines is 1. The van der Waals surface area contributed by atoms with Crippen LogP contribution in [0.1, 0.15) is 18.4 Å². The van der Waals surface area contributed by atoms with E-state index in [4.69, 9.17) is 11.0 Å². The largest absolute Gasteiger partial charge is 0.355 e. The van der Waals surface area contributed by atoms with Crippen molar-refractivity contribution in [3.05, 3.63) is 23.9 Å². The van der Waals surface area contributed by atoms with Gasteiger partial charge in [-0.15, -0.1) is 12.4 Å². The topological polar surface area (TPSA) is 65.9 Å². The van der Waals surface area contributed by atoms with Gasteiger partial charge in [-0.3, -0.25) is 0 Å². The van der Waals surface area contributed by atoms with Crippen molar-refractivity contribution in [2.24, 2.45) is 5.73 Å². The van der Waals surface area contributed by atoms with Gasteiger partial charge >= 0.3 is 0 Å². The lowest BCUT2D eigenvalue weighted by Gasteiger charge is -2.31. The standard InChI is InChI=1S/C11H14N4.ClH/c12-7-9-3-4-14-11(6-9)15-5-1-2-10(13)8-15;/h3-4,6,10H,1-2,5,8,13H2;1H. The molecule has 1 unspecified atom stereocenters. The van der Waals surface area contributed by atoms with Crippen molar-refractivity contribution < 1.29 is 0 Å². The Hall–Kier alpha value is -1.31. The van der Waals surface area contributed by atoms with Gasteiger partial charge in [0.15, 0.2) is 0 Å². The van der Waals surface area contributed by atoms with Crippen LogP contribution in [0.15, 0.2) is 18.3 Å². The van der Waals surface area contributed by atoms with Gasteiger partial charge in [-0.2, -0.15) is 5.26 Å². The first-order valence-electron chi connectivity index (χ1n) is 5.16. The number of hydrogen-bond donors (Lipinski definition) is 1. The maximum atomic E-state index is 8.79. The third-order valence-electron chi connectivity index (χ3n) is 2.66. The van der Waals surface area contributed by atoms with E-state index in [1.54, 1.807) is 12.3 Å². The second kappa shape index (κ2) is 5.69. The van der Waals surface area contributed by atoms with Crippen LogP contribution in [-0.4, -0.2) is 24.1 Å². The molecular formula is C11H15ClN4. The van der Waals surface area contributed by atoms with Crippen molar-refractivity contribution in [2.45, 2.75) is 18.9 Å². The number of nitriles is 1. The molecule has 1 saturated heterocycles. The summed E-state index contributed by atoms with van der Waals surface area (Å²) < 4.78 is 0. The van der Waals surface area contributed by atoms with E-state index in [0.29, 0.717) is 5.56 Å². The van der Waals surface area contributed by atoms with Gasteiger partial charge in [-0.05, 0) is 25.0 Å². The second-order valence-corrected chi connectivity index (χ2v) is 3.86. The zero-order valence-corrected chi connectivity index (χ0v) is 9.78. The molecule has 2 N–H and O–H groups in total. The van der Waals surface area contributed by atoms with Gasteiger partial charge in [0.1, 0.15) is 5.82 Å². The number of nitrogens with two attached hydrogens (primary N) is 1. The molecule has 1 aliphatic heterocycles. The molecule has 1 aromatic rings. The Kier molecular flexibility index (Phi) is 4.53. The highest BCUT2D eigenvalue weighted by atomic mass is 35.5. The zero-order chi connectivity index (χ0) is 10.7. The van der Waals surface area contributed by atoms with E-state index in [9.17, 15) is 0 Å². The first kappa shape index (κ1) is 12.8. The fraction of sp³-hybridized carbons (Fsp3) is 0.455. The van der Waals surface area contributed by atoms with Crippen molar-refractivity contribution in [1.82, 2.24) is 4.98 Å². The summed E-state index contributed by atoms with van der Waals surface area (Å²) in [4.78, 5) is 6.41. The molecule has 5 heteroatoms. The molecule has 1 aliphatic rings. The Labute approximate surface area is 101 Å². The van der Waals surface area contributed by atoms with Gasteiger partial charge in [0, 0.05) is 25.3 Å². The quantitative estimate of drug-likeness (QED) is 0.801. The maximum Gasteiger partial charge on any atom is 0.129 e. The van der Waals surface area contributed by atoms with Crippen LogP contribution in [0.5, 0.6) is 0 Å². The van der Waals surface area contributed by atoms with Crippen LogP contribution in [0.3, 0.4) is 0 Å². The van der Waals surface area contributed by atoms with Gasteiger partial charge in [0.2, 0.25) is 0 Å². The molecule has 0 bridgehead atoms. The molecule has 2 rings (SSSR count). The number of piperidine rings is 1. The van der Waals surface area contributed by atoms with Gasteiger partial charge in [0.25, 0.3) is 0 Å². The Morgan fingerprint density at radius 3 is 3.06 bits per heavy atom. The Bertz CT molecular complexity index is 388. The number of halogens is 1. The van der Waals surface area contributed by atoms with E-state index < -0.39 is 0 Å². The molecule has 2 heterocycles. The van der Waals surface area contributed by atoms with E-state index in [-0.39, 0.29) is 18.4 Å². The smallest absolute Gasteiger partial charge is 0.129 e. The molecule has 16 heavy (non-hydrogen) atoms. The first-order valence-corrected chi connectivity index (χ1v) is 5.16. The predicted octanol–water partition coefficient (Wildman–Crippen LogP) is 1.30. The molecule has 0 radical (unpaired) electrons. The second-order valence-electron chi connectivity index (χ2n) is 3.86. The summed E-state index contributed by atoms with van der Waals surface area (Å²) >= 11 is 0. The van der Waals surface area contributed by atoms with Crippen molar-refractivity contribution in [1.29, 1.82) is 5.26 Å². The van der Waals surface area contributed by atoms with Crippen LogP contribution in [0.4, 0.5) is 5.82 Å². The van der Waals surface area contributed by atoms with Gasteiger partial charge in [0.05, 0.1) is 11.6 Å². The summed E-state index contributed by atoms with van der Waals surface area (Å²) in [5.74, 6) is 0.865. The fourth-order valence-corrected chi connectivity index (χ4v) is 1.88. The average molecular weight is 239 g/mol. The number of nitrogens with zero attached hydrogens (tertiary/aromatic N) is 3. The Balaban J connectivity index is 0.00000128.